The number of nitrogens with one attached hydrogen (secondary N) is 2. The van der Waals surface area contributed by atoms with E-state index in [4.69, 9.17) is 9.47 Å². The highest BCUT2D eigenvalue weighted by Gasteiger charge is 2.38. The second-order valence-corrected chi connectivity index (χ2v) is 6.72. The second kappa shape index (κ2) is 7.77. The molecule has 1 heterocycles. The summed E-state index contributed by atoms with van der Waals surface area (Å²) in [6.07, 6.45) is -0.393. The van der Waals surface area contributed by atoms with Crippen molar-refractivity contribution in [2.24, 2.45) is 0 Å². The molecule has 0 aromatic heterocycles. The van der Waals surface area contributed by atoms with Crippen molar-refractivity contribution in [2.75, 3.05) is 11.9 Å². The van der Waals surface area contributed by atoms with E-state index in [2.05, 4.69) is 10.6 Å². The zero-order valence-electron chi connectivity index (χ0n) is 15.1. The molecule has 2 aromatic rings. The Kier molecular flexibility index (Phi) is 5.43. The molecule has 7 nitrogen and oxygen atoms in total. The summed E-state index contributed by atoms with van der Waals surface area (Å²) in [4.78, 5) is 23.8. The van der Waals surface area contributed by atoms with E-state index in [0.29, 0.717) is 0 Å². The third-order valence-corrected chi connectivity index (χ3v) is 4.24. The molecule has 0 aliphatic carbocycles. The number of hydrogen-bond donors (Lipinski definition) is 3. The first kappa shape index (κ1) is 18.9. The van der Waals surface area contributed by atoms with Crippen LogP contribution in [0, 0.1) is 0 Å². The second-order valence-electron chi connectivity index (χ2n) is 6.72. The lowest BCUT2D eigenvalue weighted by Gasteiger charge is -2.41. The SMILES string of the molecule is CC1(C)OC[C@H](NC(=O)Nc2ccccc2C(=O)O)[C@H](c2ccccc2)O1. The predicted molar refractivity (Wildman–Crippen MR) is 99.6 cm³/mol. The third kappa shape index (κ3) is 4.64. The van der Waals surface area contributed by atoms with Crippen LogP contribution in [0.5, 0.6) is 0 Å². The molecule has 7 heteroatoms. The average Bonchev–Trinajstić information content (AvgIpc) is 2.64. The molecule has 0 spiro atoms. The Morgan fingerprint density at radius 3 is 2.44 bits per heavy atom. The molecule has 2 amide bonds. The number of carbonyl (C=O) groups excluding carboxylic acids is 1. The lowest BCUT2D eigenvalue weighted by atomic mass is 10.0. The lowest BCUT2D eigenvalue weighted by Crippen LogP contribution is -2.52. The molecule has 2 atom stereocenters. The number of carboxylic acids is 1. The molecule has 0 radical (unpaired) electrons. The summed E-state index contributed by atoms with van der Waals surface area (Å²) in [6.45, 7) is 3.91. The third-order valence-electron chi connectivity index (χ3n) is 4.24. The number of urea groups is 1. The first-order valence-corrected chi connectivity index (χ1v) is 8.62. The number of para-hydroxylation sites is 1. The molecule has 27 heavy (non-hydrogen) atoms. The largest absolute Gasteiger partial charge is 0.478 e. The number of hydrogen-bond acceptors (Lipinski definition) is 4. The van der Waals surface area contributed by atoms with Crippen LogP contribution in [0.4, 0.5) is 10.5 Å². The standard InChI is InChI=1S/C20H22N2O5/c1-20(2)26-12-16(17(27-20)13-8-4-3-5-9-13)22-19(25)21-15-11-7-6-10-14(15)18(23)24/h3-11,16-17H,12H2,1-2H3,(H,23,24)(H2,21,22,25)/t16-,17-/m0/s1. The number of rotatable bonds is 4. The topological polar surface area (TPSA) is 96.9 Å². The van der Waals surface area contributed by atoms with Crippen LogP contribution in [0.2, 0.25) is 0 Å². The van der Waals surface area contributed by atoms with Crippen LogP contribution in [0.1, 0.15) is 35.9 Å². The highest BCUT2D eigenvalue weighted by atomic mass is 16.7. The van der Waals surface area contributed by atoms with Gasteiger partial charge in [0.15, 0.2) is 5.79 Å². The minimum Gasteiger partial charge on any atom is -0.478 e. The van der Waals surface area contributed by atoms with Crippen LogP contribution >= 0.6 is 0 Å². The minimum atomic E-state index is -1.11. The fourth-order valence-corrected chi connectivity index (χ4v) is 2.97. The van der Waals surface area contributed by atoms with E-state index in [1.807, 2.05) is 44.2 Å². The summed E-state index contributed by atoms with van der Waals surface area (Å²) >= 11 is 0. The van der Waals surface area contributed by atoms with Crippen LogP contribution in [0.25, 0.3) is 0 Å². The monoisotopic (exact) mass is 370 g/mol. The Morgan fingerprint density at radius 1 is 1.07 bits per heavy atom. The maximum Gasteiger partial charge on any atom is 0.337 e. The summed E-state index contributed by atoms with van der Waals surface area (Å²) in [7, 11) is 0. The van der Waals surface area contributed by atoms with Gasteiger partial charge in [-0.3, -0.25) is 0 Å². The highest BCUT2D eigenvalue weighted by Crippen LogP contribution is 2.33. The van der Waals surface area contributed by atoms with E-state index in [1.54, 1.807) is 12.1 Å². The van der Waals surface area contributed by atoms with Crippen LogP contribution in [0.15, 0.2) is 54.6 Å². The summed E-state index contributed by atoms with van der Waals surface area (Å²) < 4.78 is 11.7. The number of amides is 2. The van der Waals surface area contributed by atoms with Gasteiger partial charge in [0.25, 0.3) is 0 Å². The van der Waals surface area contributed by atoms with Crippen molar-refractivity contribution in [1.29, 1.82) is 0 Å². The predicted octanol–water partition coefficient (Wildman–Crippen LogP) is 3.40. The zero-order valence-corrected chi connectivity index (χ0v) is 15.1. The molecule has 3 rings (SSSR count). The van der Waals surface area contributed by atoms with E-state index in [9.17, 15) is 14.7 Å². The van der Waals surface area contributed by atoms with Crippen molar-refractivity contribution >= 4 is 17.7 Å². The Hall–Kier alpha value is -2.90. The fraction of sp³-hybridized carbons (Fsp3) is 0.300. The normalized spacial score (nSPS) is 21.3. The molecule has 0 saturated carbocycles. The number of ether oxygens (including phenoxy) is 2. The number of benzene rings is 2. The first-order valence-electron chi connectivity index (χ1n) is 8.62. The minimum absolute atomic E-state index is 0.0181. The van der Waals surface area contributed by atoms with Crippen molar-refractivity contribution in [3.8, 4) is 0 Å². The maximum atomic E-state index is 12.5. The molecular weight excluding hydrogens is 348 g/mol. The quantitative estimate of drug-likeness (QED) is 0.766. The number of carboxylic acid groups (broad SMARTS) is 1. The van der Waals surface area contributed by atoms with Crippen LogP contribution in [-0.4, -0.2) is 35.5 Å². The highest BCUT2D eigenvalue weighted by molar-refractivity contribution is 6.00. The van der Waals surface area contributed by atoms with Crippen molar-refractivity contribution in [3.05, 3.63) is 65.7 Å². The molecule has 2 aromatic carbocycles. The number of anilines is 1. The molecule has 1 fully saturated rings. The van der Waals surface area contributed by atoms with Gasteiger partial charge in [0, 0.05) is 0 Å². The Morgan fingerprint density at radius 2 is 1.74 bits per heavy atom. The molecule has 1 aliphatic rings. The van der Waals surface area contributed by atoms with Gasteiger partial charge in [-0.2, -0.15) is 0 Å². The van der Waals surface area contributed by atoms with Gasteiger partial charge in [-0.05, 0) is 31.5 Å². The van der Waals surface area contributed by atoms with E-state index >= 15 is 0 Å². The van der Waals surface area contributed by atoms with Gasteiger partial charge in [-0.25, -0.2) is 9.59 Å². The Balaban J connectivity index is 1.75. The Bertz CT molecular complexity index is 822. The molecular formula is C20H22N2O5. The molecule has 3 N–H and O–H groups in total. The maximum absolute atomic E-state index is 12.5. The molecule has 0 bridgehead atoms. The van der Waals surface area contributed by atoms with E-state index in [0.717, 1.165) is 5.56 Å². The van der Waals surface area contributed by atoms with E-state index < -0.39 is 29.9 Å². The van der Waals surface area contributed by atoms with Gasteiger partial charge in [-0.1, -0.05) is 42.5 Å². The van der Waals surface area contributed by atoms with Gasteiger partial charge >= 0.3 is 12.0 Å². The van der Waals surface area contributed by atoms with Crippen LogP contribution in [-0.2, 0) is 9.47 Å². The fourth-order valence-electron chi connectivity index (χ4n) is 2.97. The lowest BCUT2D eigenvalue weighted by molar-refractivity contribution is -0.284. The molecule has 0 unspecified atom stereocenters. The Labute approximate surface area is 157 Å². The van der Waals surface area contributed by atoms with Gasteiger partial charge in [0.2, 0.25) is 0 Å². The zero-order chi connectivity index (χ0) is 19.4. The van der Waals surface area contributed by atoms with Crippen molar-refractivity contribution in [2.45, 2.75) is 31.8 Å². The van der Waals surface area contributed by atoms with Gasteiger partial charge in [-0.15, -0.1) is 0 Å². The smallest absolute Gasteiger partial charge is 0.337 e. The molecule has 1 saturated heterocycles. The van der Waals surface area contributed by atoms with Crippen molar-refractivity contribution in [3.63, 3.8) is 0 Å². The van der Waals surface area contributed by atoms with Crippen molar-refractivity contribution < 1.29 is 24.2 Å². The van der Waals surface area contributed by atoms with E-state index in [1.165, 1.54) is 12.1 Å². The summed E-state index contributed by atoms with van der Waals surface area (Å²) in [5.74, 6) is -1.88. The summed E-state index contributed by atoms with van der Waals surface area (Å²) in [5.41, 5.74) is 1.16. The number of carbonyl (C=O) groups is 2. The molecule has 1 aliphatic heterocycles. The average molecular weight is 370 g/mol. The summed E-state index contributed by atoms with van der Waals surface area (Å²) in [6, 6.07) is 14.8. The molecule has 142 valence electrons. The van der Waals surface area contributed by atoms with E-state index in [-0.39, 0.29) is 17.9 Å². The van der Waals surface area contributed by atoms with Gasteiger partial charge in [0.1, 0.15) is 6.10 Å². The number of aromatic carboxylic acids is 1. The van der Waals surface area contributed by atoms with Crippen LogP contribution in [0.3, 0.4) is 0 Å². The van der Waals surface area contributed by atoms with Gasteiger partial charge in [0.05, 0.1) is 23.9 Å². The van der Waals surface area contributed by atoms with Crippen molar-refractivity contribution in [1.82, 2.24) is 5.32 Å². The first-order chi connectivity index (χ1) is 12.9. The van der Waals surface area contributed by atoms with Crippen LogP contribution < -0.4 is 10.6 Å². The van der Waals surface area contributed by atoms with Gasteiger partial charge < -0.3 is 25.2 Å². The summed E-state index contributed by atoms with van der Waals surface area (Å²) in [5, 5.41) is 14.7.